The van der Waals surface area contributed by atoms with Gasteiger partial charge in [0.25, 0.3) is 0 Å². The number of carbonyl (C=O) groups excluding carboxylic acids is 1. The van der Waals surface area contributed by atoms with E-state index in [-0.39, 0.29) is 12.1 Å². The van der Waals surface area contributed by atoms with Crippen molar-refractivity contribution in [2.75, 3.05) is 39.5 Å². The number of benzene rings is 2. The van der Waals surface area contributed by atoms with E-state index in [4.69, 9.17) is 11.6 Å². The zero-order valence-corrected chi connectivity index (χ0v) is 15.8. The number of carbonyl (C=O) groups is 1. The molecule has 5 heteroatoms. The SMILES string of the molecule is C[N+](C)(C)CCCN1C(=O)Nc2ccc(Cl)cc2C1c1ccccc1. The Hall–Kier alpha value is -2.04. The monoisotopic (exact) mass is 358 g/mol. The molecule has 2 aromatic carbocycles. The summed E-state index contributed by atoms with van der Waals surface area (Å²) >= 11 is 6.24. The number of hydrogen-bond acceptors (Lipinski definition) is 1. The van der Waals surface area contributed by atoms with Gasteiger partial charge >= 0.3 is 6.03 Å². The minimum absolute atomic E-state index is 0.0508. The highest BCUT2D eigenvalue weighted by Gasteiger charge is 2.33. The molecule has 0 aromatic heterocycles. The number of fused-ring (bicyclic) bond motifs is 1. The molecule has 1 unspecified atom stereocenters. The molecule has 0 saturated carbocycles. The zero-order valence-electron chi connectivity index (χ0n) is 15.0. The summed E-state index contributed by atoms with van der Waals surface area (Å²) in [7, 11) is 6.50. The molecule has 0 aliphatic carbocycles. The van der Waals surface area contributed by atoms with Crippen molar-refractivity contribution in [2.24, 2.45) is 0 Å². The Morgan fingerprint density at radius 3 is 2.52 bits per heavy atom. The van der Waals surface area contributed by atoms with Crippen molar-refractivity contribution in [3.8, 4) is 0 Å². The van der Waals surface area contributed by atoms with Gasteiger partial charge in [0.1, 0.15) is 0 Å². The molecule has 0 fully saturated rings. The van der Waals surface area contributed by atoms with E-state index >= 15 is 0 Å². The quantitative estimate of drug-likeness (QED) is 0.791. The molecule has 1 heterocycles. The van der Waals surface area contributed by atoms with Gasteiger partial charge in [-0.05, 0) is 23.8 Å². The van der Waals surface area contributed by atoms with Crippen LogP contribution in [0.2, 0.25) is 5.02 Å². The Morgan fingerprint density at radius 1 is 1.12 bits per heavy atom. The Bertz CT molecular complexity index is 755. The van der Waals surface area contributed by atoms with Gasteiger partial charge < -0.3 is 14.7 Å². The van der Waals surface area contributed by atoms with Crippen LogP contribution in [0.4, 0.5) is 10.5 Å². The molecule has 1 aliphatic rings. The number of urea groups is 1. The van der Waals surface area contributed by atoms with Crippen LogP contribution in [0, 0.1) is 0 Å². The van der Waals surface area contributed by atoms with Crippen molar-refractivity contribution in [1.29, 1.82) is 0 Å². The molecule has 3 rings (SSSR count). The van der Waals surface area contributed by atoms with Crippen LogP contribution in [0.15, 0.2) is 48.5 Å². The molecule has 0 bridgehead atoms. The first kappa shape index (κ1) is 17.8. The smallest absolute Gasteiger partial charge is 0.322 e. The second-order valence-corrected chi connectivity index (χ2v) is 7.97. The Kier molecular flexibility index (Phi) is 5.02. The van der Waals surface area contributed by atoms with Crippen molar-refractivity contribution in [2.45, 2.75) is 12.5 Å². The lowest BCUT2D eigenvalue weighted by molar-refractivity contribution is -0.870. The van der Waals surface area contributed by atoms with Crippen molar-refractivity contribution < 1.29 is 9.28 Å². The number of quaternary nitrogens is 1. The zero-order chi connectivity index (χ0) is 18.0. The normalized spacial score (nSPS) is 17.2. The van der Waals surface area contributed by atoms with E-state index < -0.39 is 0 Å². The average molecular weight is 359 g/mol. The molecular weight excluding hydrogens is 334 g/mol. The molecule has 0 saturated heterocycles. The van der Waals surface area contributed by atoms with Gasteiger partial charge in [-0.1, -0.05) is 41.9 Å². The Morgan fingerprint density at radius 2 is 1.84 bits per heavy atom. The van der Waals surface area contributed by atoms with Crippen LogP contribution < -0.4 is 5.32 Å². The van der Waals surface area contributed by atoms with Crippen molar-refractivity contribution in [3.63, 3.8) is 0 Å². The fourth-order valence-corrected chi connectivity index (χ4v) is 3.47. The minimum atomic E-state index is -0.115. The molecule has 1 atom stereocenters. The molecule has 132 valence electrons. The Labute approximate surface area is 154 Å². The van der Waals surface area contributed by atoms with Crippen LogP contribution in [0.5, 0.6) is 0 Å². The molecule has 25 heavy (non-hydrogen) atoms. The van der Waals surface area contributed by atoms with Gasteiger partial charge in [0.2, 0.25) is 0 Å². The molecular formula is C20H25ClN3O+. The number of hydrogen-bond donors (Lipinski definition) is 1. The summed E-state index contributed by atoms with van der Waals surface area (Å²) in [5.74, 6) is 0. The molecule has 2 amide bonds. The summed E-state index contributed by atoms with van der Waals surface area (Å²) in [4.78, 5) is 14.7. The number of nitrogens with zero attached hydrogens (tertiary/aromatic N) is 2. The molecule has 0 spiro atoms. The molecule has 2 aromatic rings. The lowest BCUT2D eigenvalue weighted by Crippen LogP contribution is -2.45. The van der Waals surface area contributed by atoms with Crippen molar-refractivity contribution in [1.82, 2.24) is 4.90 Å². The van der Waals surface area contributed by atoms with E-state index in [1.807, 2.05) is 41.3 Å². The largest absolute Gasteiger partial charge is 0.331 e. The van der Waals surface area contributed by atoms with Crippen LogP contribution in [-0.2, 0) is 0 Å². The number of halogens is 1. The summed E-state index contributed by atoms with van der Waals surface area (Å²) in [6.07, 6.45) is 0.941. The van der Waals surface area contributed by atoms with Gasteiger partial charge in [0, 0.05) is 29.2 Å². The van der Waals surface area contributed by atoms with E-state index in [0.717, 1.165) is 34.3 Å². The van der Waals surface area contributed by atoms with Crippen LogP contribution in [0.3, 0.4) is 0 Å². The van der Waals surface area contributed by atoms with E-state index in [1.165, 1.54) is 0 Å². The van der Waals surface area contributed by atoms with Crippen LogP contribution >= 0.6 is 11.6 Å². The van der Waals surface area contributed by atoms with Crippen molar-refractivity contribution in [3.05, 3.63) is 64.7 Å². The highest BCUT2D eigenvalue weighted by atomic mass is 35.5. The molecule has 4 nitrogen and oxygen atoms in total. The van der Waals surface area contributed by atoms with Gasteiger partial charge in [-0.15, -0.1) is 0 Å². The summed E-state index contributed by atoms with van der Waals surface area (Å²) in [6, 6.07) is 15.6. The topological polar surface area (TPSA) is 32.3 Å². The fourth-order valence-electron chi connectivity index (χ4n) is 3.29. The fraction of sp³-hybridized carbons (Fsp3) is 0.350. The number of amides is 2. The maximum atomic E-state index is 12.8. The summed E-state index contributed by atoms with van der Waals surface area (Å²) in [5.41, 5.74) is 2.99. The van der Waals surface area contributed by atoms with Gasteiger partial charge in [0.15, 0.2) is 0 Å². The highest BCUT2D eigenvalue weighted by Crippen LogP contribution is 2.38. The van der Waals surface area contributed by atoms with E-state index in [9.17, 15) is 4.79 Å². The van der Waals surface area contributed by atoms with E-state index in [0.29, 0.717) is 11.6 Å². The molecule has 1 N–H and O–H groups in total. The number of nitrogens with one attached hydrogen (secondary N) is 1. The van der Waals surface area contributed by atoms with E-state index in [1.54, 1.807) is 0 Å². The molecule has 0 radical (unpaired) electrons. The first-order valence-electron chi connectivity index (χ1n) is 8.58. The maximum absolute atomic E-state index is 12.8. The third-order valence-electron chi connectivity index (χ3n) is 4.47. The minimum Gasteiger partial charge on any atom is -0.331 e. The lowest BCUT2D eigenvalue weighted by atomic mass is 9.94. The van der Waals surface area contributed by atoms with Crippen LogP contribution in [-0.4, -0.2) is 49.6 Å². The predicted octanol–water partition coefficient (Wildman–Crippen LogP) is 4.37. The molecule has 1 aliphatic heterocycles. The lowest BCUT2D eigenvalue weighted by Gasteiger charge is -2.38. The second kappa shape index (κ2) is 7.06. The first-order chi connectivity index (χ1) is 11.8. The number of anilines is 1. The summed E-state index contributed by atoms with van der Waals surface area (Å²) < 4.78 is 0.883. The van der Waals surface area contributed by atoms with Crippen LogP contribution in [0.1, 0.15) is 23.6 Å². The highest BCUT2D eigenvalue weighted by molar-refractivity contribution is 6.30. The average Bonchev–Trinajstić information content (AvgIpc) is 2.55. The Balaban J connectivity index is 1.96. The third kappa shape index (κ3) is 4.14. The van der Waals surface area contributed by atoms with Crippen molar-refractivity contribution >= 4 is 23.3 Å². The van der Waals surface area contributed by atoms with Gasteiger partial charge in [-0.2, -0.15) is 0 Å². The van der Waals surface area contributed by atoms with Gasteiger partial charge in [0.05, 0.1) is 33.7 Å². The van der Waals surface area contributed by atoms with E-state index in [2.05, 4.69) is 38.6 Å². The number of rotatable bonds is 5. The second-order valence-electron chi connectivity index (χ2n) is 7.54. The summed E-state index contributed by atoms with van der Waals surface area (Å²) in [5, 5.41) is 3.69. The van der Waals surface area contributed by atoms with Gasteiger partial charge in [-0.3, -0.25) is 0 Å². The van der Waals surface area contributed by atoms with Crippen LogP contribution in [0.25, 0.3) is 0 Å². The third-order valence-corrected chi connectivity index (χ3v) is 4.70. The first-order valence-corrected chi connectivity index (χ1v) is 8.95. The summed E-state index contributed by atoms with van der Waals surface area (Å²) in [6.45, 7) is 1.71. The maximum Gasteiger partial charge on any atom is 0.322 e. The van der Waals surface area contributed by atoms with Gasteiger partial charge in [-0.25, -0.2) is 4.79 Å². The standard InChI is InChI=1S/C20H24ClN3O/c1-24(2,3)13-7-12-23-19(15-8-5-4-6-9-15)17-14-16(21)10-11-18(17)22-20(23)25/h4-6,8-11,14,19H,7,12-13H2,1-3H3/p+1. The predicted molar refractivity (Wildman–Crippen MR) is 103 cm³/mol.